The predicted octanol–water partition coefficient (Wildman–Crippen LogP) is 3.99. The van der Waals surface area contributed by atoms with Crippen molar-refractivity contribution in [3.63, 3.8) is 0 Å². The van der Waals surface area contributed by atoms with Gasteiger partial charge in [-0.15, -0.1) is 0 Å². The van der Waals surface area contributed by atoms with Crippen LogP contribution >= 0.6 is 11.6 Å². The molecule has 34 heavy (non-hydrogen) atoms. The first-order chi connectivity index (χ1) is 15.9. The van der Waals surface area contributed by atoms with Crippen LogP contribution in [0.4, 0.5) is 13.2 Å². The lowest BCUT2D eigenvalue weighted by Crippen LogP contribution is -2.51. The van der Waals surface area contributed by atoms with Gasteiger partial charge in [0.1, 0.15) is 12.4 Å². The minimum absolute atomic E-state index is 0.0603. The zero-order valence-corrected chi connectivity index (χ0v) is 18.6. The first-order valence-corrected chi connectivity index (χ1v) is 9.93. The minimum atomic E-state index is -4.74. The summed E-state index contributed by atoms with van der Waals surface area (Å²) >= 11 is 5.88. The highest BCUT2D eigenvalue weighted by Gasteiger charge is 2.59. The second kappa shape index (κ2) is 11.2. The number of carbonyl (C=O) groups excluding carboxylic acids is 2. The molecule has 0 aromatic heterocycles. The van der Waals surface area contributed by atoms with Gasteiger partial charge < -0.3 is 18.9 Å². The highest BCUT2D eigenvalue weighted by Crippen LogP contribution is 2.38. The standard InChI is InChI=1S/C21H19ClF3NO8/c1-13(18(27)32-11-10-31-2)33-19(28)20(26(29)30,14-6-4-3-5-7-14)34-17-9-8-15(12-16(17)22)21(23,24)25/h3-9,12-13H,10-11H2,1-2H3/t13?,20-/m0/s1. The molecule has 0 spiro atoms. The molecule has 0 bridgehead atoms. The summed E-state index contributed by atoms with van der Waals surface area (Å²) < 4.78 is 58.7. The Kier molecular flexibility index (Phi) is 8.82. The number of methoxy groups -OCH3 is 1. The van der Waals surface area contributed by atoms with Crippen LogP contribution in [0.25, 0.3) is 0 Å². The van der Waals surface area contributed by atoms with E-state index in [-0.39, 0.29) is 18.8 Å². The van der Waals surface area contributed by atoms with Gasteiger partial charge >= 0.3 is 23.8 Å². The van der Waals surface area contributed by atoms with Crippen LogP contribution in [0.2, 0.25) is 5.02 Å². The topological polar surface area (TPSA) is 114 Å². The van der Waals surface area contributed by atoms with E-state index in [9.17, 15) is 32.9 Å². The first-order valence-electron chi connectivity index (χ1n) is 9.56. The predicted molar refractivity (Wildman–Crippen MR) is 111 cm³/mol. The average Bonchev–Trinajstić information content (AvgIpc) is 2.77. The van der Waals surface area contributed by atoms with Crippen LogP contribution in [0.1, 0.15) is 18.1 Å². The molecule has 0 saturated carbocycles. The van der Waals surface area contributed by atoms with Gasteiger partial charge in [-0.2, -0.15) is 13.2 Å². The lowest BCUT2D eigenvalue weighted by Gasteiger charge is -2.26. The third-order valence-electron chi connectivity index (χ3n) is 4.36. The number of hydrogen-bond donors (Lipinski definition) is 0. The molecule has 0 saturated heterocycles. The second-order valence-corrected chi connectivity index (χ2v) is 7.13. The van der Waals surface area contributed by atoms with Crippen molar-refractivity contribution in [3.05, 3.63) is 74.8 Å². The molecule has 2 rings (SSSR count). The number of halogens is 4. The van der Waals surface area contributed by atoms with E-state index in [0.717, 1.165) is 13.0 Å². The van der Waals surface area contributed by atoms with Gasteiger partial charge in [0, 0.05) is 7.11 Å². The van der Waals surface area contributed by atoms with Crippen molar-refractivity contribution in [2.75, 3.05) is 20.3 Å². The van der Waals surface area contributed by atoms with E-state index in [2.05, 4.69) is 0 Å². The fourth-order valence-electron chi connectivity index (χ4n) is 2.65. The molecule has 0 amide bonds. The first kappa shape index (κ1) is 26.9. The summed E-state index contributed by atoms with van der Waals surface area (Å²) in [7, 11) is 1.37. The third-order valence-corrected chi connectivity index (χ3v) is 4.66. The molecule has 2 aromatic carbocycles. The van der Waals surface area contributed by atoms with E-state index in [4.69, 9.17) is 30.5 Å². The third kappa shape index (κ3) is 6.14. The van der Waals surface area contributed by atoms with Gasteiger partial charge in [-0.05, 0) is 37.3 Å². The van der Waals surface area contributed by atoms with Crippen molar-refractivity contribution in [2.24, 2.45) is 0 Å². The van der Waals surface area contributed by atoms with Gasteiger partial charge in [0.2, 0.25) is 0 Å². The normalized spacial score (nSPS) is 13.9. The summed E-state index contributed by atoms with van der Waals surface area (Å²) in [6.07, 6.45) is -6.32. The van der Waals surface area contributed by atoms with Gasteiger partial charge in [0.05, 0.1) is 27.7 Å². The molecule has 0 aliphatic rings. The van der Waals surface area contributed by atoms with E-state index in [0.29, 0.717) is 12.1 Å². The van der Waals surface area contributed by atoms with E-state index < -0.39 is 51.2 Å². The summed E-state index contributed by atoms with van der Waals surface area (Å²) in [4.78, 5) is 36.1. The highest BCUT2D eigenvalue weighted by atomic mass is 35.5. The Labute approximate surface area is 196 Å². The zero-order chi connectivity index (χ0) is 25.5. The summed E-state index contributed by atoms with van der Waals surface area (Å²) in [5.74, 6) is -3.23. The molecule has 0 radical (unpaired) electrons. The van der Waals surface area contributed by atoms with Crippen LogP contribution in [-0.4, -0.2) is 43.3 Å². The number of ether oxygens (including phenoxy) is 4. The number of carbonyl (C=O) groups is 2. The lowest BCUT2D eigenvalue weighted by molar-refractivity contribution is -0.609. The molecule has 0 N–H and O–H groups in total. The van der Waals surface area contributed by atoms with Crippen LogP contribution in [0.3, 0.4) is 0 Å². The van der Waals surface area contributed by atoms with Crippen molar-refractivity contribution in [1.29, 1.82) is 0 Å². The van der Waals surface area contributed by atoms with Crippen LogP contribution in [0.15, 0.2) is 48.5 Å². The van der Waals surface area contributed by atoms with Gasteiger partial charge in [-0.3, -0.25) is 10.1 Å². The smallest absolute Gasteiger partial charge is 0.461 e. The maximum atomic E-state index is 13.0. The number of hydrogen-bond acceptors (Lipinski definition) is 8. The maximum Gasteiger partial charge on any atom is 0.488 e. The largest absolute Gasteiger partial charge is 0.488 e. The summed E-state index contributed by atoms with van der Waals surface area (Å²) in [5, 5.41) is 11.5. The van der Waals surface area contributed by atoms with Crippen molar-refractivity contribution in [1.82, 2.24) is 0 Å². The monoisotopic (exact) mass is 505 g/mol. The van der Waals surface area contributed by atoms with Gasteiger partial charge in [-0.1, -0.05) is 29.8 Å². The van der Waals surface area contributed by atoms with Gasteiger partial charge in [0.25, 0.3) is 0 Å². The molecule has 0 aliphatic carbocycles. The molecule has 1 unspecified atom stereocenters. The Hall–Kier alpha value is -3.38. The fraction of sp³-hybridized carbons (Fsp3) is 0.333. The van der Waals surface area contributed by atoms with Gasteiger partial charge in [-0.25, -0.2) is 9.59 Å². The number of esters is 2. The van der Waals surface area contributed by atoms with Crippen LogP contribution < -0.4 is 4.74 Å². The van der Waals surface area contributed by atoms with Crippen LogP contribution in [-0.2, 0) is 35.7 Å². The van der Waals surface area contributed by atoms with E-state index in [1.54, 1.807) is 0 Å². The summed E-state index contributed by atoms with van der Waals surface area (Å²) in [6.45, 7) is 1.02. The number of alkyl halides is 3. The Bertz CT molecular complexity index is 1030. The molecule has 0 heterocycles. The van der Waals surface area contributed by atoms with Crippen molar-refractivity contribution < 1.29 is 46.6 Å². The Morgan fingerprint density at radius 2 is 1.74 bits per heavy atom. The Morgan fingerprint density at radius 3 is 2.26 bits per heavy atom. The number of nitro groups is 1. The Balaban J connectivity index is 2.47. The van der Waals surface area contributed by atoms with E-state index >= 15 is 0 Å². The average molecular weight is 506 g/mol. The molecule has 2 aromatic rings. The zero-order valence-electron chi connectivity index (χ0n) is 17.8. The molecule has 13 heteroatoms. The van der Waals surface area contributed by atoms with E-state index in [1.807, 2.05) is 0 Å². The van der Waals surface area contributed by atoms with Crippen molar-refractivity contribution in [3.8, 4) is 5.75 Å². The molecular formula is C21H19ClF3NO8. The number of nitrogens with zero attached hydrogens (tertiary/aromatic N) is 1. The minimum Gasteiger partial charge on any atom is -0.461 e. The van der Waals surface area contributed by atoms with Crippen molar-refractivity contribution in [2.45, 2.75) is 24.9 Å². The molecular weight excluding hydrogens is 487 g/mol. The van der Waals surface area contributed by atoms with Crippen LogP contribution in [0.5, 0.6) is 5.75 Å². The SMILES string of the molecule is COCCOC(=O)C(C)OC(=O)[C@@](Oc1ccc(C(F)(F)F)cc1Cl)(c1ccccc1)[N+](=O)[O-]. The molecule has 9 nitrogen and oxygen atoms in total. The summed E-state index contributed by atoms with van der Waals surface area (Å²) in [6, 6.07) is 8.38. The lowest BCUT2D eigenvalue weighted by atomic mass is 10.0. The second-order valence-electron chi connectivity index (χ2n) is 6.72. The van der Waals surface area contributed by atoms with Gasteiger partial charge in [0.15, 0.2) is 6.10 Å². The summed E-state index contributed by atoms with van der Waals surface area (Å²) in [5.41, 5.74) is -4.57. The molecule has 0 aliphatic heterocycles. The van der Waals surface area contributed by atoms with Crippen molar-refractivity contribution >= 4 is 23.5 Å². The fourth-order valence-corrected chi connectivity index (χ4v) is 2.87. The Morgan fingerprint density at radius 1 is 1.09 bits per heavy atom. The molecule has 184 valence electrons. The van der Waals surface area contributed by atoms with E-state index in [1.165, 1.54) is 37.4 Å². The maximum absolute atomic E-state index is 13.0. The van der Waals surface area contributed by atoms with Crippen LogP contribution in [0, 0.1) is 10.1 Å². The highest BCUT2D eigenvalue weighted by molar-refractivity contribution is 6.32. The number of rotatable bonds is 10. The quantitative estimate of drug-likeness (QED) is 0.156. The molecule has 2 atom stereocenters. The molecule has 0 fully saturated rings. The number of benzene rings is 2.